The van der Waals surface area contributed by atoms with Gasteiger partial charge in [-0.3, -0.25) is 9.59 Å². The number of hydrogen-bond donors (Lipinski definition) is 1. The van der Waals surface area contributed by atoms with Gasteiger partial charge in [0.25, 0.3) is 0 Å². The molecule has 0 aliphatic carbocycles. The Labute approximate surface area is 136 Å². The maximum atomic E-state index is 12.2. The summed E-state index contributed by atoms with van der Waals surface area (Å²) in [5.41, 5.74) is 0.886. The quantitative estimate of drug-likeness (QED) is 0.849. The summed E-state index contributed by atoms with van der Waals surface area (Å²) in [4.78, 5) is 26.1. The fraction of sp³-hybridized carbons (Fsp3) is 0.529. The first-order chi connectivity index (χ1) is 11.1. The van der Waals surface area contributed by atoms with Crippen molar-refractivity contribution in [2.75, 3.05) is 32.9 Å². The highest BCUT2D eigenvalue weighted by Crippen LogP contribution is 2.12. The molecule has 1 aromatic carbocycles. The van der Waals surface area contributed by atoms with Crippen LogP contribution in [0.2, 0.25) is 0 Å². The van der Waals surface area contributed by atoms with Crippen molar-refractivity contribution in [2.45, 2.75) is 26.3 Å². The average molecular weight is 320 g/mol. The van der Waals surface area contributed by atoms with Gasteiger partial charge in [-0.25, -0.2) is 0 Å². The van der Waals surface area contributed by atoms with Gasteiger partial charge in [0.15, 0.2) is 0 Å². The Morgan fingerprint density at radius 1 is 1.26 bits per heavy atom. The number of ether oxygens (including phenoxy) is 2. The van der Waals surface area contributed by atoms with E-state index in [4.69, 9.17) is 9.47 Å². The number of amides is 2. The van der Waals surface area contributed by atoms with E-state index in [0.717, 1.165) is 11.3 Å². The molecule has 6 heteroatoms. The maximum Gasteiger partial charge on any atom is 0.245 e. The van der Waals surface area contributed by atoms with Crippen LogP contribution < -0.4 is 10.1 Å². The van der Waals surface area contributed by atoms with Gasteiger partial charge in [-0.15, -0.1) is 0 Å². The Hall–Kier alpha value is -2.08. The van der Waals surface area contributed by atoms with Crippen LogP contribution in [0, 0.1) is 0 Å². The van der Waals surface area contributed by atoms with E-state index in [1.54, 1.807) is 11.8 Å². The van der Waals surface area contributed by atoms with E-state index < -0.39 is 6.04 Å². The third kappa shape index (κ3) is 5.25. The molecule has 0 bridgehead atoms. The molecule has 0 saturated carbocycles. The summed E-state index contributed by atoms with van der Waals surface area (Å²) in [6.07, 6.45) is 0.243. The number of carbonyl (C=O) groups excluding carboxylic acids is 2. The Morgan fingerprint density at radius 2 is 1.91 bits per heavy atom. The topological polar surface area (TPSA) is 67.9 Å². The van der Waals surface area contributed by atoms with Crippen LogP contribution in [0.5, 0.6) is 5.75 Å². The summed E-state index contributed by atoms with van der Waals surface area (Å²) < 4.78 is 10.6. The zero-order valence-electron chi connectivity index (χ0n) is 13.7. The lowest BCUT2D eigenvalue weighted by atomic mass is 10.1. The van der Waals surface area contributed by atoms with Crippen molar-refractivity contribution in [2.24, 2.45) is 0 Å². The second-order valence-corrected chi connectivity index (χ2v) is 5.48. The molecule has 0 aromatic heterocycles. The van der Waals surface area contributed by atoms with Crippen LogP contribution in [0.4, 0.5) is 0 Å². The molecule has 1 aromatic rings. The molecule has 1 heterocycles. The predicted molar refractivity (Wildman–Crippen MR) is 86.3 cm³/mol. The molecule has 6 nitrogen and oxygen atoms in total. The highest BCUT2D eigenvalue weighted by molar-refractivity contribution is 5.88. The monoisotopic (exact) mass is 320 g/mol. The fourth-order valence-corrected chi connectivity index (χ4v) is 2.47. The number of hydrogen-bond acceptors (Lipinski definition) is 4. The number of nitrogens with one attached hydrogen (secondary N) is 1. The van der Waals surface area contributed by atoms with Gasteiger partial charge >= 0.3 is 0 Å². The van der Waals surface area contributed by atoms with Crippen molar-refractivity contribution in [3.8, 4) is 5.75 Å². The van der Waals surface area contributed by atoms with E-state index in [2.05, 4.69) is 5.32 Å². The molecular formula is C17H24N2O4. The molecule has 23 heavy (non-hydrogen) atoms. The average Bonchev–Trinajstić information content (AvgIpc) is 2.57. The van der Waals surface area contributed by atoms with Crippen molar-refractivity contribution < 1.29 is 19.1 Å². The number of rotatable bonds is 6. The van der Waals surface area contributed by atoms with Crippen LogP contribution in [-0.2, 0) is 20.7 Å². The number of benzene rings is 1. The number of nitrogens with zero attached hydrogens (tertiary/aromatic N) is 1. The van der Waals surface area contributed by atoms with Crippen molar-refractivity contribution in [1.82, 2.24) is 10.2 Å². The van der Waals surface area contributed by atoms with E-state index in [9.17, 15) is 9.59 Å². The summed E-state index contributed by atoms with van der Waals surface area (Å²) >= 11 is 0. The summed E-state index contributed by atoms with van der Waals surface area (Å²) in [7, 11) is 0. The van der Waals surface area contributed by atoms with Crippen molar-refractivity contribution in [3.05, 3.63) is 29.8 Å². The lowest BCUT2D eigenvalue weighted by Gasteiger charge is -2.29. The second-order valence-electron chi connectivity index (χ2n) is 5.48. The van der Waals surface area contributed by atoms with Crippen LogP contribution in [0.3, 0.4) is 0 Å². The lowest BCUT2D eigenvalue weighted by Crippen LogP contribution is -2.50. The van der Waals surface area contributed by atoms with E-state index >= 15 is 0 Å². The fourth-order valence-electron chi connectivity index (χ4n) is 2.47. The van der Waals surface area contributed by atoms with Crippen LogP contribution >= 0.6 is 0 Å². The van der Waals surface area contributed by atoms with Gasteiger partial charge in [0.1, 0.15) is 11.8 Å². The predicted octanol–water partition coefficient (Wildman–Crippen LogP) is 0.991. The number of carbonyl (C=O) groups is 2. The van der Waals surface area contributed by atoms with Crippen LogP contribution in [0.25, 0.3) is 0 Å². The molecule has 0 unspecified atom stereocenters. The zero-order valence-corrected chi connectivity index (χ0v) is 13.7. The van der Waals surface area contributed by atoms with Crippen molar-refractivity contribution in [3.63, 3.8) is 0 Å². The Balaban J connectivity index is 1.82. The summed E-state index contributed by atoms with van der Waals surface area (Å²) in [6.45, 7) is 6.52. The molecule has 2 amide bonds. The summed E-state index contributed by atoms with van der Waals surface area (Å²) in [5, 5.41) is 2.76. The molecule has 0 radical (unpaired) electrons. The van der Waals surface area contributed by atoms with E-state index in [1.807, 2.05) is 31.2 Å². The molecule has 1 saturated heterocycles. The van der Waals surface area contributed by atoms with Crippen molar-refractivity contribution in [1.29, 1.82) is 0 Å². The second kappa shape index (κ2) is 8.53. The zero-order chi connectivity index (χ0) is 16.7. The van der Waals surface area contributed by atoms with Gasteiger partial charge in [0.2, 0.25) is 11.8 Å². The minimum Gasteiger partial charge on any atom is -0.494 e. The molecular weight excluding hydrogens is 296 g/mol. The Bertz CT molecular complexity index is 524. The van der Waals surface area contributed by atoms with Gasteiger partial charge in [-0.2, -0.15) is 0 Å². The molecule has 1 fully saturated rings. The smallest absolute Gasteiger partial charge is 0.245 e. The van der Waals surface area contributed by atoms with Gasteiger partial charge in [-0.1, -0.05) is 12.1 Å². The molecule has 1 N–H and O–H groups in total. The molecule has 0 spiro atoms. The first kappa shape index (κ1) is 17.3. The highest BCUT2D eigenvalue weighted by atomic mass is 16.5. The highest BCUT2D eigenvalue weighted by Gasteiger charge is 2.23. The summed E-state index contributed by atoms with van der Waals surface area (Å²) in [5.74, 6) is 0.559. The molecule has 1 aliphatic heterocycles. The minimum atomic E-state index is -0.525. The third-order valence-corrected chi connectivity index (χ3v) is 3.67. The number of morpholine rings is 1. The molecule has 1 aliphatic rings. The van der Waals surface area contributed by atoms with Gasteiger partial charge in [0.05, 0.1) is 26.2 Å². The van der Waals surface area contributed by atoms with E-state index in [1.165, 1.54) is 0 Å². The lowest BCUT2D eigenvalue weighted by molar-refractivity contribution is -0.139. The Kier molecular flexibility index (Phi) is 6.40. The molecule has 126 valence electrons. The van der Waals surface area contributed by atoms with Crippen LogP contribution in [0.15, 0.2) is 24.3 Å². The normalized spacial score (nSPS) is 15.8. The van der Waals surface area contributed by atoms with Gasteiger partial charge in [-0.05, 0) is 31.5 Å². The van der Waals surface area contributed by atoms with Crippen LogP contribution in [-0.4, -0.2) is 55.7 Å². The largest absolute Gasteiger partial charge is 0.494 e. The maximum absolute atomic E-state index is 12.2. The Morgan fingerprint density at radius 3 is 2.52 bits per heavy atom. The summed E-state index contributed by atoms with van der Waals surface area (Å²) in [6, 6.07) is 6.88. The van der Waals surface area contributed by atoms with Crippen molar-refractivity contribution >= 4 is 11.8 Å². The first-order valence-corrected chi connectivity index (χ1v) is 7.97. The van der Waals surface area contributed by atoms with E-state index in [0.29, 0.717) is 32.9 Å². The van der Waals surface area contributed by atoms with E-state index in [-0.39, 0.29) is 18.2 Å². The van der Waals surface area contributed by atoms with Crippen LogP contribution in [0.1, 0.15) is 19.4 Å². The minimum absolute atomic E-state index is 0.0617. The van der Waals surface area contributed by atoms with Gasteiger partial charge < -0.3 is 19.7 Å². The first-order valence-electron chi connectivity index (χ1n) is 7.97. The SMILES string of the molecule is CCOc1ccc(CC(=O)N[C@@H](C)C(=O)N2CCOCC2)cc1. The molecule has 2 rings (SSSR count). The third-order valence-electron chi connectivity index (χ3n) is 3.67. The van der Waals surface area contributed by atoms with Gasteiger partial charge in [0, 0.05) is 13.1 Å². The molecule has 1 atom stereocenters. The standard InChI is InChI=1S/C17H24N2O4/c1-3-23-15-6-4-14(5-7-15)12-16(20)18-13(2)17(21)19-8-10-22-11-9-19/h4-7,13H,3,8-12H2,1-2H3,(H,18,20)/t13-/m0/s1.